The molecule has 0 aromatic heterocycles. The van der Waals surface area contributed by atoms with Gasteiger partial charge < -0.3 is 25.9 Å². The average Bonchev–Trinajstić information content (AvgIpc) is 2.65. The minimum Gasteiger partial charge on any atom is -0.466 e. The minimum atomic E-state index is -2.07. The summed E-state index contributed by atoms with van der Waals surface area (Å²) in [6.45, 7) is 22.1. The first-order valence-electron chi connectivity index (χ1n) is 12.8. The van der Waals surface area contributed by atoms with E-state index in [4.69, 9.17) is 25.9 Å². The van der Waals surface area contributed by atoms with E-state index in [-0.39, 0.29) is 21.7 Å². The van der Waals surface area contributed by atoms with Crippen LogP contribution < -0.4 is 0 Å². The molecular formula is C21H50O8Si6. The Labute approximate surface area is 223 Å². The van der Waals surface area contributed by atoms with Crippen LogP contribution >= 0.6 is 0 Å². The maximum atomic E-state index is 12.0. The summed E-state index contributed by atoms with van der Waals surface area (Å²) in [5.41, 5.74) is 0. The van der Waals surface area contributed by atoms with Gasteiger partial charge in [0.1, 0.15) is 0 Å². The van der Waals surface area contributed by atoms with Gasteiger partial charge in [-0.25, -0.2) is 0 Å². The van der Waals surface area contributed by atoms with E-state index in [1.165, 1.54) is 0 Å². The molecule has 0 amide bonds. The van der Waals surface area contributed by atoms with Crippen LogP contribution in [0.25, 0.3) is 0 Å². The quantitative estimate of drug-likeness (QED) is 0.113. The third-order valence-electron chi connectivity index (χ3n) is 4.54. The number of hydrogen-bond donors (Lipinski definition) is 0. The fraction of sp³-hybridized carbons (Fsp3) is 0.905. The monoisotopic (exact) mass is 598 g/mol. The van der Waals surface area contributed by atoms with Gasteiger partial charge in [-0.3, -0.25) is 9.59 Å². The number of rotatable bonds is 20. The van der Waals surface area contributed by atoms with Crippen LogP contribution in [-0.2, 0) is 35.5 Å². The van der Waals surface area contributed by atoms with Crippen molar-refractivity contribution in [3.63, 3.8) is 0 Å². The average molecular weight is 599 g/mol. The van der Waals surface area contributed by atoms with Crippen molar-refractivity contribution in [2.24, 2.45) is 0 Å². The number of carbonyl (C=O) groups is 2. The zero-order valence-corrected chi connectivity index (χ0v) is 30.1. The van der Waals surface area contributed by atoms with Gasteiger partial charge in [0.2, 0.25) is 9.76 Å². The van der Waals surface area contributed by atoms with Gasteiger partial charge in [-0.05, 0) is 96.8 Å². The maximum absolute atomic E-state index is 12.0. The normalized spacial score (nSPS) is 12.9. The minimum absolute atomic E-state index is 0.209. The predicted octanol–water partition coefficient (Wildman–Crippen LogP) is 4.70. The molecule has 0 aliphatic rings. The molecular weight excluding hydrogens is 549 g/mol. The fourth-order valence-electron chi connectivity index (χ4n) is 3.70. The number of esters is 2. The molecule has 0 atom stereocenters. The van der Waals surface area contributed by atoms with E-state index in [1.807, 2.05) is 0 Å². The summed E-state index contributed by atoms with van der Waals surface area (Å²) in [4.78, 5) is 23.8. The van der Waals surface area contributed by atoms with Gasteiger partial charge in [-0.15, -0.1) is 0 Å². The second-order valence-corrected chi connectivity index (χ2v) is 28.9. The Morgan fingerprint density at radius 2 is 1.20 bits per heavy atom. The van der Waals surface area contributed by atoms with Crippen LogP contribution in [0, 0.1) is 0 Å². The zero-order chi connectivity index (χ0) is 27.1. The predicted molar refractivity (Wildman–Crippen MR) is 155 cm³/mol. The summed E-state index contributed by atoms with van der Waals surface area (Å²) in [5.74, 6) is -0.437. The summed E-state index contributed by atoms with van der Waals surface area (Å²) in [7, 11) is -7.89. The molecule has 0 rings (SSSR count). The zero-order valence-electron chi connectivity index (χ0n) is 23.8. The lowest BCUT2D eigenvalue weighted by Gasteiger charge is -2.34. The van der Waals surface area contributed by atoms with Crippen molar-refractivity contribution in [3.8, 4) is 0 Å². The standard InChI is InChI=1S/C21H50O8Si6/c1-31(2)27-34(7,8)26-30-18-17-25-21(23)15-12-11-14-20(22)24-16-13-19-33(5,6)29-35(9,10)28-32(3)4/h31-32H,11-19H2,1-10H3. The van der Waals surface area contributed by atoms with Gasteiger partial charge in [0, 0.05) is 12.8 Å². The summed E-state index contributed by atoms with van der Waals surface area (Å²) in [6, 6.07) is 1.62. The molecule has 8 nitrogen and oxygen atoms in total. The topological polar surface area (TPSA) is 89.5 Å². The van der Waals surface area contributed by atoms with Crippen LogP contribution in [0.5, 0.6) is 0 Å². The largest absolute Gasteiger partial charge is 0.466 e. The Balaban J connectivity index is 3.83. The van der Waals surface area contributed by atoms with E-state index in [9.17, 15) is 9.59 Å². The van der Waals surface area contributed by atoms with Crippen molar-refractivity contribution in [1.29, 1.82) is 0 Å². The molecule has 35 heavy (non-hydrogen) atoms. The second-order valence-electron chi connectivity index (χ2n) is 10.7. The highest BCUT2D eigenvalue weighted by Gasteiger charge is 2.34. The molecule has 14 heteroatoms. The highest BCUT2D eigenvalue weighted by molar-refractivity contribution is 6.84. The van der Waals surface area contributed by atoms with Crippen LogP contribution in [0.15, 0.2) is 0 Å². The van der Waals surface area contributed by atoms with E-state index < -0.39 is 43.5 Å². The highest BCUT2D eigenvalue weighted by Crippen LogP contribution is 2.21. The van der Waals surface area contributed by atoms with Gasteiger partial charge in [-0.2, -0.15) is 0 Å². The molecule has 0 aliphatic heterocycles. The van der Waals surface area contributed by atoms with Crippen molar-refractivity contribution in [3.05, 3.63) is 0 Å². The van der Waals surface area contributed by atoms with Crippen molar-refractivity contribution in [1.82, 2.24) is 0 Å². The lowest BCUT2D eigenvalue weighted by atomic mass is 10.2. The molecule has 206 valence electrons. The molecule has 0 aromatic carbocycles. The first-order chi connectivity index (χ1) is 16.0. The Morgan fingerprint density at radius 1 is 0.714 bits per heavy atom. The van der Waals surface area contributed by atoms with Gasteiger partial charge in [0.15, 0.2) is 26.4 Å². The maximum Gasteiger partial charge on any atom is 0.310 e. The van der Waals surface area contributed by atoms with E-state index in [1.54, 1.807) is 0 Å². The lowest BCUT2D eigenvalue weighted by Crippen LogP contribution is -2.48. The fourth-order valence-corrected chi connectivity index (χ4v) is 22.7. The summed E-state index contributed by atoms with van der Waals surface area (Å²) in [5, 5.41) is 0. The van der Waals surface area contributed by atoms with Crippen molar-refractivity contribution >= 4 is 65.2 Å². The molecule has 0 bridgehead atoms. The van der Waals surface area contributed by atoms with Crippen LogP contribution in [-0.4, -0.2) is 78.4 Å². The smallest absolute Gasteiger partial charge is 0.310 e. The van der Waals surface area contributed by atoms with Crippen molar-refractivity contribution in [2.45, 2.75) is 110 Å². The lowest BCUT2D eigenvalue weighted by molar-refractivity contribution is -0.145. The number of carbonyl (C=O) groups excluding carboxylic acids is 2. The molecule has 0 aromatic rings. The van der Waals surface area contributed by atoms with E-state index in [2.05, 4.69) is 65.5 Å². The molecule has 2 radical (unpaired) electrons. The first kappa shape index (κ1) is 35.1. The molecule has 0 saturated carbocycles. The van der Waals surface area contributed by atoms with Crippen molar-refractivity contribution in [2.75, 3.05) is 13.2 Å². The number of ether oxygens (including phenoxy) is 2. The molecule has 0 unspecified atom stereocenters. The van der Waals surface area contributed by atoms with Gasteiger partial charge in [0.25, 0.3) is 0 Å². The van der Waals surface area contributed by atoms with Crippen LogP contribution in [0.3, 0.4) is 0 Å². The Hall–Kier alpha value is 0.0813. The van der Waals surface area contributed by atoms with Crippen LogP contribution in [0.4, 0.5) is 0 Å². The summed E-state index contributed by atoms with van der Waals surface area (Å²) >= 11 is 0. The third kappa shape index (κ3) is 21.8. The summed E-state index contributed by atoms with van der Waals surface area (Å²) in [6.07, 6.45) is 2.68. The first-order valence-corrected chi connectivity index (χ1v) is 28.2. The summed E-state index contributed by atoms with van der Waals surface area (Å²) < 4.78 is 34.9. The van der Waals surface area contributed by atoms with Crippen LogP contribution in [0.1, 0.15) is 32.1 Å². The van der Waals surface area contributed by atoms with E-state index >= 15 is 0 Å². The third-order valence-corrected chi connectivity index (χ3v) is 21.5. The van der Waals surface area contributed by atoms with Crippen LogP contribution in [0.2, 0.25) is 77.6 Å². The molecule has 0 heterocycles. The molecule has 0 spiro atoms. The molecule has 0 N–H and O–H groups in total. The molecule has 0 fully saturated rings. The van der Waals surface area contributed by atoms with E-state index in [0.29, 0.717) is 44.9 Å². The SMILES string of the molecule is C[SiH](C)O[Si](C)(C)O[Si]CCOC(=O)CCCCC(=O)OCCC[Si](C)(C)O[Si](C)(C)O[SiH](C)C. The second kappa shape index (κ2) is 17.6. The van der Waals surface area contributed by atoms with Gasteiger partial charge in [0.05, 0.1) is 13.2 Å². The van der Waals surface area contributed by atoms with Gasteiger partial charge >= 0.3 is 29.1 Å². The molecule has 0 aliphatic carbocycles. The molecule has 0 saturated heterocycles. The Kier molecular flexibility index (Phi) is 17.6. The Bertz CT molecular complexity index is 617. The van der Waals surface area contributed by atoms with E-state index in [0.717, 1.165) is 12.5 Å². The number of hydrogen-bond acceptors (Lipinski definition) is 8. The number of unbranched alkanes of at least 4 members (excludes halogenated alkanes) is 1. The van der Waals surface area contributed by atoms with Gasteiger partial charge in [-0.1, -0.05) is 0 Å². The van der Waals surface area contributed by atoms with Crippen molar-refractivity contribution < 1.29 is 35.5 Å². The Morgan fingerprint density at radius 3 is 1.71 bits per heavy atom. The highest BCUT2D eigenvalue weighted by atomic mass is 28.5.